The Bertz CT molecular complexity index is 435. The van der Waals surface area contributed by atoms with Crippen molar-refractivity contribution in [3.05, 3.63) is 28.2 Å². The maximum atomic E-state index is 6.18. The van der Waals surface area contributed by atoms with Gasteiger partial charge in [-0.15, -0.1) is 0 Å². The van der Waals surface area contributed by atoms with E-state index in [2.05, 4.69) is 60.2 Å². The van der Waals surface area contributed by atoms with Gasteiger partial charge in [-0.25, -0.2) is 0 Å². The van der Waals surface area contributed by atoms with E-state index in [0.717, 1.165) is 22.7 Å². The van der Waals surface area contributed by atoms with Crippen LogP contribution in [0.15, 0.2) is 22.7 Å². The summed E-state index contributed by atoms with van der Waals surface area (Å²) in [5.41, 5.74) is 1.29. The number of hydrogen-bond acceptors (Lipinski definition) is 2. The molecule has 112 valence electrons. The molecule has 1 fully saturated rings. The Kier molecular flexibility index (Phi) is 5.91. The van der Waals surface area contributed by atoms with Gasteiger partial charge < -0.3 is 10.1 Å². The minimum Gasteiger partial charge on any atom is -0.489 e. The van der Waals surface area contributed by atoms with E-state index >= 15 is 0 Å². The van der Waals surface area contributed by atoms with E-state index in [1.54, 1.807) is 0 Å². The third kappa shape index (κ3) is 4.23. The first-order valence-electron chi connectivity index (χ1n) is 7.79. The van der Waals surface area contributed by atoms with Gasteiger partial charge in [0.05, 0.1) is 10.6 Å². The van der Waals surface area contributed by atoms with Crippen LogP contribution >= 0.6 is 15.9 Å². The summed E-state index contributed by atoms with van der Waals surface area (Å²) in [6.45, 7) is 7.63. The highest BCUT2D eigenvalue weighted by Gasteiger charge is 2.21. The SMILES string of the molecule is CCNC(C)c1ccc(OC2CCCC(C)C2)c(Br)c1. The zero-order chi connectivity index (χ0) is 14.5. The number of ether oxygens (including phenoxy) is 1. The van der Waals surface area contributed by atoms with Crippen LogP contribution in [0.3, 0.4) is 0 Å². The average Bonchev–Trinajstić information content (AvgIpc) is 2.41. The lowest BCUT2D eigenvalue weighted by Gasteiger charge is -2.28. The summed E-state index contributed by atoms with van der Waals surface area (Å²) in [6, 6.07) is 6.82. The largest absolute Gasteiger partial charge is 0.489 e. The van der Waals surface area contributed by atoms with Crippen molar-refractivity contribution in [3.8, 4) is 5.75 Å². The molecule has 0 heterocycles. The van der Waals surface area contributed by atoms with E-state index in [9.17, 15) is 0 Å². The second-order valence-corrected chi connectivity index (χ2v) is 6.84. The van der Waals surface area contributed by atoms with Gasteiger partial charge in [-0.2, -0.15) is 0 Å². The van der Waals surface area contributed by atoms with Crippen LogP contribution in [0.1, 0.15) is 58.1 Å². The number of benzene rings is 1. The predicted molar refractivity (Wildman–Crippen MR) is 88.3 cm³/mol. The number of nitrogens with one attached hydrogen (secondary N) is 1. The molecule has 0 aliphatic heterocycles. The Morgan fingerprint density at radius 3 is 2.85 bits per heavy atom. The summed E-state index contributed by atoms with van der Waals surface area (Å²) in [4.78, 5) is 0. The number of rotatable bonds is 5. The molecule has 1 aliphatic carbocycles. The van der Waals surface area contributed by atoms with Gasteiger partial charge >= 0.3 is 0 Å². The van der Waals surface area contributed by atoms with Crippen LogP contribution in [0, 0.1) is 5.92 Å². The topological polar surface area (TPSA) is 21.3 Å². The van der Waals surface area contributed by atoms with Crippen molar-refractivity contribution in [1.29, 1.82) is 0 Å². The van der Waals surface area contributed by atoms with Gasteiger partial charge in [0.1, 0.15) is 5.75 Å². The molecule has 3 heteroatoms. The zero-order valence-corrected chi connectivity index (χ0v) is 14.4. The third-order valence-corrected chi connectivity index (χ3v) is 4.77. The summed E-state index contributed by atoms with van der Waals surface area (Å²) < 4.78 is 7.25. The van der Waals surface area contributed by atoms with Gasteiger partial charge in [0.2, 0.25) is 0 Å². The number of halogens is 1. The van der Waals surface area contributed by atoms with Gasteiger partial charge in [-0.05, 0) is 72.3 Å². The Morgan fingerprint density at radius 1 is 1.40 bits per heavy atom. The van der Waals surface area contributed by atoms with Crippen LogP contribution in [0.4, 0.5) is 0 Å². The maximum Gasteiger partial charge on any atom is 0.133 e. The fourth-order valence-electron chi connectivity index (χ4n) is 2.97. The first-order valence-corrected chi connectivity index (χ1v) is 8.59. The Morgan fingerprint density at radius 2 is 2.20 bits per heavy atom. The molecule has 0 spiro atoms. The minimum absolute atomic E-state index is 0.375. The van der Waals surface area contributed by atoms with Crippen molar-refractivity contribution in [2.24, 2.45) is 5.92 Å². The smallest absolute Gasteiger partial charge is 0.133 e. The van der Waals surface area contributed by atoms with Crippen LogP contribution in [0.5, 0.6) is 5.75 Å². The molecule has 1 aromatic carbocycles. The van der Waals surface area contributed by atoms with Crippen molar-refractivity contribution in [1.82, 2.24) is 5.32 Å². The molecule has 20 heavy (non-hydrogen) atoms. The molecule has 0 radical (unpaired) electrons. The van der Waals surface area contributed by atoms with Crippen LogP contribution in [0.2, 0.25) is 0 Å². The second-order valence-electron chi connectivity index (χ2n) is 5.98. The van der Waals surface area contributed by atoms with Crippen LogP contribution < -0.4 is 10.1 Å². The van der Waals surface area contributed by atoms with Gasteiger partial charge in [-0.1, -0.05) is 26.3 Å². The van der Waals surface area contributed by atoms with Crippen molar-refractivity contribution < 1.29 is 4.74 Å². The lowest BCUT2D eigenvalue weighted by Crippen LogP contribution is -2.24. The van der Waals surface area contributed by atoms with Crippen LogP contribution in [-0.2, 0) is 0 Å². The molecule has 1 aliphatic rings. The van der Waals surface area contributed by atoms with Gasteiger partial charge in [0.25, 0.3) is 0 Å². The van der Waals surface area contributed by atoms with Crippen LogP contribution in [0.25, 0.3) is 0 Å². The van der Waals surface area contributed by atoms with E-state index in [1.807, 2.05) is 0 Å². The fraction of sp³-hybridized carbons (Fsp3) is 0.647. The van der Waals surface area contributed by atoms with Gasteiger partial charge in [0.15, 0.2) is 0 Å². The van der Waals surface area contributed by atoms with Crippen molar-refractivity contribution in [2.75, 3.05) is 6.54 Å². The summed E-state index contributed by atoms with van der Waals surface area (Å²) in [5, 5.41) is 3.43. The molecular formula is C17H26BrNO. The highest BCUT2D eigenvalue weighted by molar-refractivity contribution is 9.10. The minimum atomic E-state index is 0.375. The van der Waals surface area contributed by atoms with E-state index in [0.29, 0.717) is 12.1 Å². The van der Waals surface area contributed by atoms with E-state index in [-0.39, 0.29) is 0 Å². The normalized spacial score (nSPS) is 24.4. The van der Waals surface area contributed by atoms with Crippen LogP contribution in [-0.4, -0.2) is 12.6 Å². The molecular weight excluding hydrogens is 314 g/mol. The fourth-order valence-corrected chi connectivity index (χ4v) is 3.46. The third-order valence-electron chi connectivity index (χ3n) is 4.15. The molecule has 1 N–H and O–H groups in total. The van der Waals surface area contributed by atoms with Crippen molar-refractivity contribution in [2.45, 2.75) is 58.6 Å². The molecule has 2 nitrogen and oxygen atoms in total. The first kappa shape index (κ1) is 15.8. The predicted octanol–water partition coefficient (Wildman–Crippen LogP) is 5.08. The van der Waals surface area contributed by atoms with E-state index in [1.165, 1.54) is 31.2 Å². The lowest BCUT2D eigenvalue weighted by molar-refractivity contribution is 0.128. The molecule has 3 unspecified atom stereocenters. The standard InChI is InChI=1S/C17H26BrNO/c1-4-19-13(3)14-8-9-17(16(18)11-14)20-15-7-5-6-12(2)10-15/h8-9,11-13,15,19H,4-7,10H2,1-3H3. The quantitative estimate of drug-likeness (QED) is 0.807. The van der Waals surface area contributed by atoms with E-state index < -0.39 is 0 Å². The molecule has 0 aromatic heterocycles. The van der Waals surface area contributed by atoms with Crippen molar-refractivity contribution in [3.63, 3.8) is 0 Å². The summed E-state index contributed by atoms with van der Waals surface area (Å²) in [7, 11) is 0. The summed E-state index contributed by atoms with van der Waals surface area (Å²) >= 11 is 3.66. The Labute approximate surface area is 131 Å². The maximum absolute atomic E-state index is 6.18. The number of hydrogen-bond donors (Lipinski definition) is 1. The molecule has 0 saturated heterocycles. The van der Waals surface area contributed by atoms with Gasteiger partial charge in [0, 0.05) is 6.04 Å². The lowest BCUT2D eigenvalue weighted by atomic mass is 9.89. The molecule has 1 aromatic rings. The van der Waals surface area contributed by atoms with E-state index in [4.69, 9.17) is 4.74 Å². The Hall–Kier alpha value is -0.540. The Balaban J connectivity index is 2.02. The highest BCUT2D eigenvalue weighted by atomic mass is 79.9. The summed E-state index contributed by atoms with van der Waals surface area (Å²) in [6.07, 6.45) is 5.39. The first-order chi connectivity index (χ1) is 9.60. The molecule has 0 bridgehead atoms. The van der Waals surface area contributed by atoms with Crippen molar-refractivity contribution >= 4 is 15.9 Å². The highest BCUT2D eigenvalue weighted by Crippen LogP contribution is 2.33. The molecule has 0 amide bonds. The zero-order valence-electron chi connectivity index (χ0n) is 12.8. The molecule has 2 rings (SSSR count). The second kappa shape index (κ2) is 7.46. The summed E-state index contributed by atoms with van der Waals surface area (Å²) in [5.74, 6) is 1.78. The average molecular weight is 340 g/mol. The van der Waals surface area contributed by atoms with Gasteiger partial charge in [-0.3, -0.25) is 0 Å². The monoisotopic (exact) mass is 339 g/mol. The molecule has 1 saturated carbocycles. The molecule has 3 atom stereocenters.